The van der Waals surface area contributed by atoms with E-state index < -0.39 is 10.0 Å². The predicted octanol–water partition coefficient (Wildman–Crippen LogP) is 5.11. The summed E-state index contributed by atoms with van der Waals surface area (Å²) in [6, 6.07) is 14.1. The number of rotatable bonds is 5. The van der Waals surface area contributed by atoms with Gasteiger partial charge in [-0.25, -0.2) is 8.42 Å². The Bertz CT molecular complexity index is 1120. The number of thiophene rings is 1. The fourth-order valence-electron chi connectivity index (χ4n) is 3.86. The summed E-state index contributed by atoms with van der Waals surface area (Å²) < 4.78 is 28.9. The van der Waals surface area contributed by atoms with Gasteiger partial charge in [-0.1, -0.05) is 13.3 Å². The first kappa shape index (κ1) is 20.1. The molecule has 3 aromatic rings. The Labute approximate surface area is 175 Å². The highest BCUT2D eigenvalue weighted by molar-refractivity contribution is 7.89. The Balaban J connectivity index is 1.51. The third-order valence-electron chi connectivity index (χ3n) is 5.48. The Morgan fingerprint density at radius 1 is 1.14 bits per heavy atom. The minimum absolute atomic E-state index is 0.0590. The fraction of sp³-hybridized carbons (Fsp3) is 0.318. The van der Waals surface area contributed by atoms with E-state index >= 15 is 0 Å². The molecular weight excluding hydrogens is 404 g/mol. The van der Waals surface area contributed by atoms with Gasteiger partial charge in [0.1, 0.15) is 0 Å². The van der Waals surface area contributed by atoms with Crippen LogP contribution >= 0.6 is 11.3 Å². The lowest BCUT2D eigenvalue weighted by Crippen LogP contribution is -2.43. The van der Waals surface area contributed by atoms with Crippen molar-refractivity contribution in [1.82, 2.24) is 4.31 Å². The van der Waals surface area contributed by atoms with Crippen LogP contribution in [-0.2, 0) is 10.0 Å². The zero-order chi connectivity index (χ0) is 20.4. The third kappa shape index (κ3) is 4.08. The Morgan fingerprint density at radius 2 is 1.93 bits per heavy atom. The van der Waals surface area contributed by atoms with E-state index in [9.17, 15) is 13.2 Å². The van der Waals surface area contributed by atoms with E-state index in [1.54, 1.807) is 27.8 Å². The van der Waals surface area contributed by atoms with Crippen LogP contribution in [0.2, 0.25) is 0 Å². The number of benzene rings is 2. The molecule has 1 aliphatic rings. The molecule has 1 aromatic heterocycles. The lowest BCUT2D eigenvalue weighted by atomic mass is 10.0. The zero-order valence-corrected chi connectivity index (χ0v) is 17.9. The summed E-state index contributed by atoms with van der Waals surface area (Å²) in [5.74, 6) is -0.257. The standard InChI is InChI=1S/C22H24N2O3S2/c1-2-19-5-3-4-13-24(19)29(26,27)20-9-6-16(7-10-20)22(25)23-18-8-11-21-17(15-18)12-14-28-21/h6-12,14-15,19H,2-5,13H2,1H3,(H,23,25)/t19-/m1/s1. The van der Waals surface area contributed by atoms with Gasteiger partial charge >= 0.3 is 0 Å². The summed E-state index contributed by atoms with van der Waals surface area (Å²) in [4.78, 5) is 12.8. The molecule has 0 aliphatic carbocycles. The van der Waals surface area contributed by atoms with E-state index in [0.717, 1.165) is 36.8 Å². The molecule has 1 saturated heterocycles. The molecule has 4 rings (SSSR count). The van der Waals surface area contributed by atoms with Crippen molar-refractivity contribution in [2.45, 2.75) is 43.5 Å². The molecule has 1 N–H and O–H groups in total. The van der Waals surface area contributed by atoms with Crippen molar-refractivity contribution in [2.24, 2.45) is 0 Å². The molecule has 0 radical (unpaired) electrons. The van der Waals surface area contributed by atoms with E-state index in [-0.39, 0.29) is 16.8 Å². The van der Waals surface area contributed by atoms with Crippen LogP contribution in [0, 0.1) is 0 Å². The molecule has 7 heteroatoms. The molecule has 2 aromatic carbocycles. The van der Waals surface area contributed by atoms with Crippen LogP contribution in [0.5, 0.6) is 0 Å². The van der Waals surface area contributed by atoms with Crippen molar-refractivity contribution in [2.75, 3.05) is 11.9 Å². The zero-order valence-electron chi connectivity index (χ0n) is 16.3. The van der Waals surface area contributed by atoms with Crippen LogP contribution < -0.4 is 5.32 Å². The number of fused-ring (bicyclic) bond motifs is 1. The van der Waals surface area contributed by atoms with Gasteiger partial charge in [0.25, 0.3) is 5.91 Å². The van der Waals surface area contributed by atoms with Gasteiger partial charge in [-0.3, -0.25) is 4.79 Å². The van der Waals surface area contributed by atoms with Crippen molar-refractivity contribution in [3.63, 3.8) is 0 Å². The van der Waals surface area contributed by atoms with Crippen LogP contribution in [0.25, 0.3) is 10.1 Å². The van der Waals surface area contributed by atoms with Crippen molar-refractivity contribution in [3.05, 3.63) is 59.5 Å². The number of nitrogens with one attached hydrogen (secondary N) is 1. The maximum absolute atomic E-state index is 13.1. The number of hydrogen-bond acceptors (Lipinski definition) is 4. The largest absolute Gasteiger partial charge is 0.322 e. The summed E-state index contributed by atoms with van der Waals surface area (Å²) in [6.07, 6.45) is 3.68. The molecule has 1 fully saturated rings. The summed E-state index contributed by atoms with van der Waals surface area (Å²) in [5.41, 5.74) is 1.15. The normalized spacial score (nSPS) is 18.0. The van der Waals surface area contributed by atoms with Crippen LogP contribution in [-0.4, -0.2) is 31.2 Å². The number of carbonyl (C=O) groups excluding carboxylic acids is 1. The SMILES string of the molecule is CC[C@@H]1CCCCN1S(=O)(=O)c1ccc(C(=O)Nc2ccc3sccc3c2)cc1. The maximum atomic E-state index is 13.1. The van der Waals surface area contributed by atoms with E-state index in [1.807, 2.05) is 36.6 Å². The van der Waals surface area contributed by atoms with Gasteiger partial charge in [0.05, 0.1) is 4.90 Å². The van der Waals surface area contributed by atoms with Gasteiger partial charge in [0, 0.05) is 28.5 Å². The smallest absolute Gasteiger partial charge is 0.255 e. The molecule has 0 unspecified atom stereocenters. The Morgan fingerprint density at radius 3 is 2.69 bits per heavy atom. The second kappa shape index (κ2) is 8.26. The van der Waals surface area contributed by atoms with Gasteiger partial charge in [0.2, 0.25) is 10.0 Å². The molecule has 5 nitrogen and oxygen atoms in total. The van der Waals surface area contributed by atoms with Crippen molar-refractivity contribution < 1.29 is 13.2 Å². The number of nitrogens with zero attached hydrogens (tertiary/aromatic N) is 1. The number of hydrogen-bond donors (Lipinski definition) is 1. The number of piperidine rings is 1. The summed E-state index contributed by atoms with van der Waals surface area (Å²) in [6.45, 7) is 2.59. The number of amides is 1. The molecule has 0 saturated carbocycles. The lowest BCUT2D eigenvalue weighted by molar-refractivity contribution is 0.102. The number of sulfonamides is 1. The minimum Gasteiger partial charge on any atom is -0.322 e. The molecule has 152 valence electrons. The van der Waals surface area contributed by atoms with Crippen LogP contribution in [0.15, 0.2) is 58.8 Å². The lowest BCUT2D eigenvalue weighted by Gasteiger charge is -2.34. The first-order valence-corrected chi connectivity index (χ1v) is 12.2. The van der Waals surface area contributed by atoms with Gasteiger partial charge in [-0.2, -0.15) is 4.31 Å². The van der Waals surface area contributed by atoms with E-state index in [0.29, 0.717) is 12.1 Å². The van der Waals surface area contributed by atoms with Gasteiger partial charge in [-0.15, -0.1) is 11.3 Å². The summed E-state index contributed by atoms with van der Waals surface area (Å²) in [5, 5.41) is 5.98. The third-order valence-corrected chi connectivity index (χ3v) is 8.34. The Kier molecular flexibility index (Phi) is 5.72. The highest BCUT2D eigenvalue weighted by Crippen LogP contribution is 2.28. The number of carbonyl (C=O) groups is 1. The van der Waals surface area contributed by atoms with E-state index in [4.69, 9.17) is 0 Å². The first-order chi connectivity index (χ1) is 14.0. The molecule has 1 amide bonds. The van der Waals surface area contributed by atoms with Crippen molar-refractivity contribution >= 4 is 43.0 Å². The second-order valence-electron chi connectivity index (χ2n) is 7.33. The average Bonchev–Trinajstić information content (AvgIpc) is 3.21. The highest BCUT2D eigenvalue weighted by atomic mass is 32.2. The van der Waals surface area contributed by atoms with E-state index in [1.165, 1.54) is 16.8 Å². The minimum atomic E-state index is -3.54. The molecule has 1 aliphatic heterocycles. The first-order valence-electron chi connectivity index (χ1n) is 9.89. The highest BCUT2D eigenvalue weighted by Gasteiger charge is 2.32. The van der Waals surface area contributed by atoms with Crippen LogP contribution in [0.3, 0.4) is 0 Å². The van der Waals surface area contributed by atoms with Gasteiger partial charge < -0.3 is 5.32 Å². The molecule has 0 spiro atoms. The summed E-state index contributed by atoms with van der Waals surface area (Å²) >= 11 is 1.65. The van der Waals surface area contributed by atoms with Gasteiger partial charge in [0.15, 0.2) is 0 Å². The second-order valence-corrected chi connectivity index (χ2v) is 10.2. The monoisotopic (exact) mass is 428 g/mol. The molecule has 2 heterocycles. The Hall–Kier alpha value is -2.22. The fourth-order valence-corrected chi connectivity index (χ4v) is 6.40. The summed E-state index contributed by atoms with van der Waals surface area (Å²) in [7, 11) is -3.54. The molecule has 1 atom stereocenters. The van der Waals surface area contributed by atoms with Crippen molar-refractivity contribution in [3.8, 4) is 0 Å². The molecule has 29 heavy (non-hydrogen) atoms. The van der Waals surface area contributed by atoms with Crippen molar-refractivity contribution in [1.29, 1.82) is 0 Å². The average molecular weight is 429 g/mol. The molecule has 0 bridgehead atoms. The predicted molar refractivity (Wildman–Crippen MR) is 118 cm³/mol. The number of anilines is 1. The quantitative estimate of drug-likeness (QED) is 0.614. The van der Waals surface area contributed by atoms with Crippen LogP contribution in [0.4, 0.5) is 5.69 Å². The van der Waals surface area contributed by atoms with Crippen LogP contribution in [0.1, 0.15) is 43.0 Å². The molecular formula is C22H24N2O3S2. The van der Waals surface area contributed by atoms with E-state index in [2.05, 4.69) is 5.32 Å². The maximum Gasteiger partial charge on any atom is 0.255 e. The van der Waals surface area contributed by atoms with Gasteiger partial charge in [-0.05, 0) is 78.6 Å². The topological polar surface area (TPSA) is 66.5 Å².